The van der Waals surface area contributed by atoms with E-state index in [1.54, 1.807) is 0 Å². The first-order valence-corrected chi connectivity index (χ1v) is 5.73. The number of benzene rings is 1. The third-order valence-corrected chi connectivity index (χ3v) is 2.49. The molecule has 1 aliphatic heterocycles. The van der Waals surface area contributed by atoms with E-state index >= 15 is 0 Å². The van der Waals surface area contributed by atoms with Gasteiger partial charge in [-0.25, -0.2) is 13.6 Å². The summed E-state index contributed by atoms with van der Waals surface area (Å²) >= 11 is 0. The summed E-state index contributed by atoms with van der Waals surface area (Å²) in [5, 5.41) is 8.62. The smallest absolute Gasteiger partial charge is 0.319 e. The van der Waals surface area contributed by atoms with Crippen LogP contribution in [0.1, 0.15) is 13.3 Å². The molecule has 1 aliphatic rings. The second kappa shape index (κ2) is 5.64. The Bertz CT molecular complexity index is 499. The molecule has 1 heterocycles. The van der Waals surface area contributed by atoms with Gasteiger partial charge >= 0.3 is 6.03 Å². The number of hydrogen-bond acceptors (Lipinski definition) is 3. The molecule has 1 atom stereocenters. The van der Waals surface area contributed by atoms with Crippen LogP contribution in [0.2, 0.25) is 0 Å². The monoisotopic (exact) mass is 269 g/mol. The minimum absolute atomic E-state index is 0.0507. The number of oxime groups is 1. The van der Waals surface area contributed by atoms with E-state index < -0.39 is 17.7 Å². The summed E-state index contributed by atoms with van der Waals surface area (Å²) in [4.78, 5) is 16.5. The maximum absolute atomic E-state index is 12.9. The number of urea groups is 1. The fourth-order valence-electron chi connectivity index (χ4n) is 1.69. The Morgan fingerprint density at radius 1 is 1.42 bits per heavy atom. The van der Waals surface area contributed by atoms with Crippen molar-refractivity contribution >= 4 is 17.4 Å². The summed E-state index contributed by atoms with van der Waals surface area (Å²) in [5.41, 5.74) is 0.911. The zero-order valence-corrected chi connectivity index (χ0v) is 10.2. The Balaban J connectivity index is 1.81. The molecule has 1 aromatic rings. The van der Waals surface area contributed by atoms with Gasteiger partial charge in [0.05, 0.1) is 12.3 Å². The molecule has 0 spiro atoms. The number of halogens is 2. The average Bonchev–Trinajstić information content (AvgIpc) is 2.71. The van der Waals surface area contributed by atoms with Gasteiger partial charge in [-0.2, -0.15) is 0 Å². The highest BCUT2D eigenvalue weighted by Gasteiger charge is 2.18. The second-order valence-electron chi connectivity index (χ2n) is 4.25. The molecule has 0 fully saturated rings. The zero-order valence-electron chi connectivity index (χ0n) is 10.2. The van der Waals surface area contributed by atoms with Crippen molar-refractivity contribution in [3.05, 3.63) is 29.8 Å². The molecule has 0 bridgehead atoms. The van der Waals surface area contributed by atoms with Crippen molar-refractivity contribution in [1.29, 1.82) is 0 Å². The lowest BCUT2D eigenvalue weighted by Gasteiger charge is -2.11. The van der Waals surface area contributed by atoms with Crippen LogP contribution in [0.15, 0.2) is 23.4 Å². The molecule has 7 heteroatoms. The molecule has 0 radical (unpaired) electrons. The van der Waals surface area contributed by atoms with Crippen LogP contribution in [-0.2, 0) is 4.84 Å². The van der Waals surface area contributed by atoms with Crippen molar-refractivity contribution in [1.82, 2.24) is 5.32 Å². The van der Waals surface area contributed by atoms with Crippen LogP contribution in [0.5, 0.6) is 0 Å². The predicted octanol–water partition coefficient (Wildman–Crippen LogP) is 2.25. The van der Waals surface area contributed by atoms with Crippen LogP contribution >= 0.6 is 0 Å². The molecule has 102 valence electrons. The summed E-state index contributed by atoms with van der Waals surface area (Å²) in [6.45, 7) is 2.10. The molecule has 0 saturated carbocycles. The fourth-order valence-corrected chi connectivity index (χ4v) is 1.69. The molecule has 2 rings (SSSR count). The average molecular weight is 269 g/mol. The van der Waals surface area contributed by atoms with Gasteiger partial charge in [-0.1, -0.05) is 5.16 Å². The number of nitrogens with one attached hydrogen (secondary N) is 2. The number of rotatable bonds is 3. The number of carbonyl (C=O) groups is 1. The van der Waals surface area contributed by atoms with E-state index in [1.165, 1.54) is 0 Å². The number of anilines is 1. The van der Waals surface area contributed by atoms with E-state index in [2.05, 4.69) is 15.8 Å². The van der Waals surface area contributed by atoms with E-state index in [0.29, 0.717) is 6.42 Å². The first-order chi connectivity index (χ1) is 9.02. The predicted molar refractivity (Wildman–Crippen MR) is 66.0 cm³/mol. The molecule has 2 amide bonds. The molecule has 5 nitrogen and oxygen atoms in total. The molecule has 0 aliphatic carbocycles. The van der Waals surface area contributed by atoms with Gasteiger partial charge in [-0.05, 0) is 19.1 Å². The highest BCUT2D eigenvalue weighted by atomic mass is 19.1. The van der Waals surface area contributed by atoms with E-state index in [9.17, 15) is 13.6 Å². The highest BCUT2D eigenvalue weighted by molar-refractivity contribution is 5.89. The number of hydrogen-bond donors (Lipinski definition) is 2. The Labute approximate surface area is 108 Å². The van der Waals surface area contributed by atoms with Gasteiger partial charge in [0.25, 0.3) is 0 Å². The summed E-state index contributed by atoms with van der Waals surface area (Å²) in [6, 6.07) is 2.23. The molecule has 0 aromatic heterocycles. The van der Waals surface area contributed by atoms with Crippen molar-refractivity contribution in [2.45, 2.75) is 19.4 Å². The van der Waals surface area contributed by atoms with E-state index in [0.717, 1.165) is 23.9 Å². The molecular formula is C12H13F2N3O2. The molecular weight excluding hydrogens is 256 g/mol. The van der Waals surface area contributed by atoms with Crippen molar-refractivity contribution in [3.63, 3.8) is 0 Å². The SMILES string of the molecule is CC1=NOC(CNC(=O)Nc2cc(F)cc(F)c2)C1. The maximum atomic E-state index is 12.9. The molecule has 1 unspecified atom stereocenters. The first-order valence-electron chi connectivity index (χ1n) is 5.73. The largest absolute Gasteiger partial charge is 0.390 e. The molecule has 1 aromatic carbocycles. The van der Waals surface area contributed by atoms with Crippen molar-refractivity contribution in [3.8, 4) is 0 Å². The lowest BCUT2D eigenvalue weighted by atomic mass is 10.2. The van der Waals surface area contributed by atoms with Gasteiger partial charge in [0, 0.05) is 18.2 Å². The fraction of sp³-hybridized carbons (Fsp3) is 0.333. The third kappa shape index (κ3) is 3.90. The van der Waals surface area contributed by atoms with Gasteiger partial charge in [0.1, 0.15) is 17.7 Å². The van der Waals surface area contributed by atoms with Gasteiger partial charge in [0.2, 0.25) is 0 Å². The summed E-state index contributed by atoms with van der Waals surface area (Å²) in [7, 11) is 0. The maximum Gasteiger partial charge on any atom is 0.319 e. The van der Waals surface area contributed by atoms with Gasteiger partial charge < -0.3 is 15.5 Å². The first kappa shape index (κ1) is 13.3. The third-order valence-electron chi connectivity index (χ3n) is 2.49. The van der Waals surface area contributed by atoms with Crippen LogP contribution in [0.25, 0.3) is 0 Å². The number of amides is 2. The van der Waals surface area contributed by atoms with Gasteiger partial charge in [0.15, 0.2) is 0 Å². The van der Waals surface area contributed by atoms with Gasteiger partial charge in [-0.3, -0.25) is 0 Å². The standard InChI is InChI=1S/C12H13F2N3O2/c1-7-2-11(19-17-7)6-15-12(18)16-10-4-8(13)3-9(14)5-10/h3-5,11H,2,6H2,1H3,(H2,15,16,18). The summed E-state index contributed by atoms with van der Waals surface area (Å²) < 4.78 is 25.8. The Kier molecular flexibility index (Phi) is 3.94. The lowest BCUT2D eigenvalue weighted by Crippen LogP contribution is -2.35. The van der Waals surface area contributed by atoms with Crippen molar-refractivity contribution in [2.24, 2.45) is 5.16 Å². The Hall–Kier alpha value is -2.18. The van der Waals surface area contributed by atoms with Crippen molar-refractivity contribution in [2.75, 3.05) is 11.9 Å². The molecule has 0 saturated heterocycles. The topological polar surface area (TPSA) is 62.7 Å². The molecule has 2 N–H and O–H groups in total. The minimum Gasteiger partial charge on any atom is -0.390 e. The highest BCUT2D eigenvalue weighted by Crippen LogP contribution is 2.13. The summed E-state index contributed by atoms with van der Waals surface area (Å²) in [6.07, 6.45) is 0.449. The van der Waals surface area contributed by atoms with E-state index in [4.69, 9.17) is 4.84 Å². The van der Waals surface area contributed by atoms with Crippen LogP contribution in [0.4, 0.5) is 19.3 Å². The Morgan fingerprint density at radius 3 is 2.68 bits per heavy atom. The quantitative estimate of drug-likeness (QED) is 0.884. The van der Waals surface area contributed by atoms with Crippen molar-refractivity contribution < 1.29 is 18.4 Å². The number of nitrogens with zero attached hydrogens (tertiary/aromatic N) is 1. The van der Waals surface area contributed by atoms with Crippen LogP contribution < -0.4 is 10.6 Å². The van der Waals surface area contributed by atoms with E-state index in [1.807, 2.05) is 6.92 Å². The number of carbonyl (C=O) groups excluding carboxylic acids is 1. The van der Waals surface area contributed by atoms with Gasteiger partial charge in [-0.15, -0.1) is 0 Å². The van der Waals surface area contributed by atoms with Crippen LogP contribution in [0.3, 0.4) is 0 Å². The van der Waals surface area contributed by atoms with Crippen LogP contribution in [0, 0.1) is 11.6 Å². The normalized spacial score (nSPS) is 17.6. The lowest BCUT2D eigenvalue weighted by molar-refractivity contribution is 0.0870. The second-order valence-corrected chi connectivity index (χ2v) is 4.25. The van der Waals surface area contributed by atoms with Crippen LogP contribution in [-0.4, -0.2) is 24.4 Å². The molecule has 19 heavy (non-hydrogen) atoms. The minimum atomic E-state index is -0.751. The zero-order chi connectivity index (χ0) is 13.8. The Morgan fingerprint density at radius 2 is 2.11 bits per heavy atom. The van der Waals surface area contributed by atoms with E-state index in [-0.39, 0.29) is 18.3 Å². The summed E-state index contributed by atoms with van der Waals surface area (Å²) in [5.74, 6) is -1.50.